The van der Waals surface area contributed by atoms with Crippen molar-refractivity contribution in [1.29, 1.82) is 0 Å². The summed E-state index contributed by atoms with van der Waals surface area (Å²) in [6.45, 7) is 1.93. The quantitative estimate of drug-likeness (QED) is 0.570. The fourth-order valence-electron chi connectivity index (χ4n) is 0.642. The second-order valence-electron chi connectivity index (χ2n) is 2.24. The van der Waals surface area contributed by atoms with Crippen LogP contribution in [0.15, 0.2) is 60.7 Å². The maximum Gasteiger partial charge on any atom is 0.0402 e. The van der Waals surface area contributed by atoms with E-state index in [1.165, 1.54) is 0 Å². The average Bonchev–Trinajstić information content (AvgIpc) is 2.85. The van der Waals surface area contributed by atoms with Gasteiger partial charge in [-0.05, 0) is 6.92 Å². The zero-order valence-electron chi connectivity index (χ0n) is 8.43. The molecule has 0 aromatic heterocycles. The van der Waals surface area contributed by atoms with Gasteiger partial charge in [-0.15, -0.1) is 0 Å². The Bertz CT molecular complexity index is 162. The van der Waals surface area contributed by atoms with Gasteiger partial charge in [0, 0.05) is 32.5 Å². The van der Waals surface area contributed by atoms with Crippen LogP contribution in [-0.4, -0.2) is 11.7 Å². The summed E-state index contributed by atoms with van der Waals surface area (Å²) >= 11 is 0. The fraction of sp³-hybridized carbons (Fsp3) is 0.167. The molecule has 2 rings (SSSR count). The topological polar surface area (TPSA) is 20.2 Å². The number of aliphatic hydroxyl groups is 1. The molecule has 76 valence electrons. The minimum atomic E-state index is 0. The molecule has 0 heterocycles. The summed E-state index contributed by atoms with van der Waals surface area (Å²) < 4.78 is 0. The summed E-state index contributed by atoms with van der Waals surface area (Å²) in [4.78, 5) is 0. The number of aliphatic hydroxyl groups excluding tert-OH is 1. The molecule has 0 atom stereocenters. The van der Waals surface area contributed by atoms with Crippen LogP contribution in [0, 0.1) is 0 Å². The van der Waals surface area contributed by atoms with Gasteiger partial charge < -0.3 is 5.11 Å². The van der Waals surface area contributed by atoms with Crippen LogP contribution >= 0.6 is 0 Å². The molecule has 1 N–H and O–H groups in total. The monoisotopic (exact) mass is 356 g/mol. The van der Waals surface area contributed by atoms with Crippen molar-refractivity contribution < 1.29 is 30.9 Å². The molecule has 0 radical (unpaired) electrons. The van der Waals surface area contributed by atoms with Gasteiger partial charge in [0.25, 0.3) is 0 Å². The first-order chi connectivity index (χ1) is 6.41. The average molecular weight is 355 g/mol. The van der Waals surface area contributed by atoms with E-state index in [4.69, 9.17) is 5.11 Å². The van der Waals surface area contributed by atoms with Gasteiger partial charge in [-0.3, -0.25) is 0 Å². The molecule has 0 amide bonds. The smallest absolute Gasteiger partial charge is 0.0402 e. The third kappa shape index (κ3) is 14.1. The molecule has 0 unspecified atom stereocenters. The first kappa shape index (κ1) is 16.0. The Kier molecular flexibility index (Phi) is 17.1. The fourth-order valence-corrected chi connectivity index (χ4v) is 0.642. The van der Waals surface area contributed by atoms with Gasteiger partial charge in [0.2, 0.25) is 0 Å². The van der Waals surface area contributed by atoms with Crippen LogP contribution in [0.3, 0.4) is 0 Å². The van der Waals surface area contributed by atoms with Gasteiger partial charge in [0.05, 0.1) is 0 Å². The van der Waals surface area contributed by atoms with Crippen LogP contribution in [0.25, 0.3) is 0 Å². The summed E-state index contributed by atoms with van der Waals surface area (Å²) in [7, 11) is 0. The van der Waals surface area contributed by atoms with E-state index in [-0.39, 0.29) is 32.5 Å². The van der Waals surface area contributed by atoms with Crippen molar-refractivity contribution in [2.24, 2.45) is 0 Å². The zero-order chi connectivity index (χ0) is 9.78. The molecular formula is C12H16HfO-2. The Labute approximate surface area is 105 Å². The first-order valence-electron chi connectivity index (χ1n) is 4.36. The predicted octanol–water partition coefficient (Wildman–Crippen LogP) is 2.81. The Morgan fingerprint density at radius 3 is 1.14 bits per heavy atom. The van der Waals surface area contributed by atoms with Crippen molar-refractivity contribution in [2.45, 2.75) is 6.92 Å². The molecule has 0 bridgehead atoms. The second-order valence-corrected chi connectivity index (χ2v) is 2.24. The molecule has 2 heteroatoms. The van der Waals surface area contributed by atoms with E-state index in [9.17, 15) is 0 Å². The van der Waals surface area contributed by atoms with Gasteiger partial charge in [-0.2, -0.15) is 36.4 Å². The number of hydrogen-bond acceptors (Lipinski definition) is 1. The minimum Gasteiger partial charge on any atom is -0.397 e. The van der Waals surface area contributed by atoms with Gasteiger partial charge in [0.15, 0.2) is 0 Å². The Morgan fingerprint density at radius 2 is 1.07 bits per heavy atom. The van der Waals surface area contributed by atoms with Crippen molar-refractivity contribution in [3.8, 4) is 0 Å². The summed E-state index contributed by atoms with van der Waals surface area (Å²) in [5.74, 6) is 0. The molecule has 14 heavy (non-hydrogen) atoms. The Balaban J connectivity index is 0. The SMILES string of the molecule is CCO.[Hf].c1cc[cH-]c1.c1cc[cH-]c1. The zero-order valence-corrected chi connectivity index (χ0v) is 12.0. The van der Waals surface area contributed by atoms with Crippen LogP contribution in [0.4, 0.5) is 0 Å². The molecule has 0 aliphatic heterocycles. The third-order valence-electron chi connectivity index (χ3n) is 1.11. The van der Waals surface area contributed by atoms with Crippen molar-refractivity contribution in [2.75, 3.05) is 6.61 Å². The molecule has 0 aliphatic rings. The maximum atomic E-state index is 7.57. The maximum absolute atomic E-state index is 7.57. The molecule has 2 aromatic rings. The van der Waals surface area contributed by atoms with Crippen molar-refractivity contribution in [1.82, 2.24) is 0 Å². The summed E-state index contributed by atoms with van der Waals surface area (Å²) in [5, 5.41) is 7.57. The Hall–Kier alpha value is -0.470. The predicted molar refractivity (Wildman–Crippen MR) is 56.8 cm³/mol. The van der Waals surface area contributed by atoms with Crippen molar-refractivity contribution >= 4 is 0 Å². The van der Waals surface area contributed by atoms with E-state index in [0.29, 0.717) is 0 Å². The number of hydrogen-bond donors (Lipinski definition) is 1. The molecule has 0 saturated heterocycles. The first-order valence-corrected chi connectivity index (χ1v) is 4.36. The van der Waals surface area contributed by atoms with Gasteiger partial charge >= 0.3 is 0 Å². The van der Waals surface area contributed by atoms with Gasteiger partial charge in [0.1, 0.15) is 0 Å². The van der Waals surface area contributed by atoms with Crippen molar-refractivity contribution in [3.63, 3.8) is 0 Å². The third-order valence-corrected chi connectivity index (χ3v) is 1.11. The van der Waals surface area contributed by atoms with Crippen LogP contribution in [0.5, 0.6) is 0 Å². The molecule has 0 saturated carbocycles. The second kappa shape index (κ2) is 15.0. The summed E-state index contributed by atoms with van der Waals surface area (Å²) in [6.07, 6.45) is 0. The van der Waals surface area contributed by atoms with E-state index >= 15 is 0 Å². The van der Waals surface area contributed by atoms with Crippen LogP contribution in [0.1, 0.15) is 6.92 Å². The summed E-state index contributed by atoms with van der Waals surface area (Å²) in [5.41, 5.74) is 0. The standard InChI is InChI=1S/2C5H5.C2H6O.Hf/c2*1-2-4-5-3-1;1-2-3;/h2*1-5H;3H,2H2,1H3;/q2*-1;;. The van der Waals surface area contributed by atoms with E-state index in [1.807, 2.05) is 60.7 Å². The largest absolute Gasteiger partial charge is 0.397 e. The van der Waals surface area contributed by atoms with Crippen molar-refractivity contribution in [3.05, 3.63) is 60.7 Å². The van der Waals surface area contributed by atoms with Crippen LogP contribution in [-0.2, 0) is 25.8 Å². The molecular weight excluding hydrogens is 339 g/mol. The minimum absolute atomic E-state index is 0. The van der Waals surface area contributed by atoms with Crippen LogP contribution < -0.4 is 0 Å². The van der Waals surface area contributed by atoms with E-state index in [1.54, 1.807) is 6.92 Å². The van der Waals surface area contributed by atoms with E-state index in [2.05, 4.69) is 0 Å². The van der Waals surface area contributed by atoms with Gasteiger partial charge in [-0.25, -0.2) is 24.3 Å². The van der Waals surface area contributed by atoms with E-state index < -0.39 is 0 Å². The molecule has 2 aromatic carbocycles. The number of rotatable bonds is 0. The molecule has 0 fully saturated rings. The van der Waals surface area contributed by atoms with Crippen LogP contribution in [0.2, 0.25) is 0 Å². The normalized spacial score (nSPS) is 7.00. The van der Waals surface area contributed by atoms with Gasteiger partial charge in [-0.1, -0.05) is 0 Å². The molecule has 0 spiro atoms. The molecule has 1 nitrogen and oxygen atoms in total. The van der Waals surface area contributed by atoms with E-state index in [0.717, 1.165) is 0 Å². The molecule has 0 aliphatic carbocycles. The Morgan fingerprint density at radius 1 is 0.857 bits per heavy atom. The summed E-state index contributed by atoms with van der Waals surface area (Å²) in [6, 6.07) is 20.0.